The summed E-state index contributed by atoms with van der Waals surface area (Å²) in [7, 11) is 0. The van der Waals surface area contributed by atoms with Crippen LogP contribution in [0.2, 0.25) is 0 Å². The molecule has 0 unspecified atom stereocenters. The molecule has 1 aliphatic heterocycles. The number of amides is 2. The van der Waals surface area contributed by atoms with Crippen LogP contribution in [0.4, 0.5) is 14.6 Å². The van der Waals surface area contributed by atoms with E-state index in [-0.39, 0.29) is 35.0 Å². The number of anilines is 1. The van der Waals surface area contributed by atoms with Gasteiger partial charge in [0.25, 0.3) is 11.8 Å². The van der Waals surface area contributed by atoms with Gasteiger partial charge in [-0.2, -0.15) is 9.49 Å². The molecule has 3 heterocycles. The van der Waals surface area contributed by atoms with Crippen molar-refractivity contribution in [3.8, 4) is 22.8 Å². The molecule has 2 aromatic heterocycles. The van der Waals surface area contributed by atoms with Crippen LogP contribution in [-0.2, 0) is 9.59 Å². The van der Waals surface area contributed by atoms with Gasteiger partial charge in [0.1, 0.15) is 29.2 Å². The van der Waals surface area contributed by atoms with E-state index in [9.17, 15) is 18.4 Å². The molecule has 2 fully saturated rings. The molecule has 1 atom stereocenters. The van der Waals surface area contributed by atoms with E-state index >= 15 is 0 Å². The summed E-state index contributed by atoms with van der Waals surface area (Å²) in [5.41, 5.74) is 13.6. The highest BCUT2D eigenvalue weighted by atomic mass is 19.2. The minimum Gasteiger partial charge on any atom is -0.454 e. The van der Waals surface area contributed by atoms with Crippen LogP contribution in [-0.4, -0.2) is 49.6 Å². The average Bonchev–Trinajstić information content (AvgIpc) is 3.71. The van der Waals surface area contributed by atoms with E-state index in [4.69, 9.17) is 21.3 Å². The molecule has 1 aliphatic carbocycles. The van der Waals surface area contributed by atoms with Gasteiger partial charge in [0.2, 0.25) is 5.82 Å². The number of piperidine rings is 1. The number of primary amides is 1. The number of aromatic nitrogens is 4. The van der Waals surface area contributed by atoms with Crippen molar-refractivity contribution < 1.29 is 23.1 Å². The summed E-state index contributed by atoms with van der Waals surface area (Å²) in [6.07, 6.45) is 6.38. The molecule has 41 heavy (non-hydrogen) atoms. The molecule has 2 aliphatic rings. The maximum atomic E-state index is 14.1. The van der Waals surface area contributed by atoms with Gasteiger partial charge in [-0.25, -0.2) is 19.0 Å². The minimum absolute atomic E-state index is 0.0335. The van der Waals surface area contributed by atoms with E-state index < -0.39 is 17.5 Å². The summed E-state index contributed by atoms with van der Waals surface area (Å²) in [4.78, 5) is 35.5. The molecule has 210 valence electrons. The number of nitrogen functional groups attached to an aromatic ring is 1. The van der Waals surface area contributed by atoms with E-state index in [0.717, 1.165) is 25.3 Å². The standard InChI is InChI=1S/C29H27F2N7O3/c30-21-4-1-5-22(24(21)31)41-19-10-8-17(9-11-19)25-23-26(32)34-15-35-28(23)38(36-25)18-3-2-12-37(14-18)29(40)20(27(33)39)13-16-6-7-16/h1,4-5,8-11,13,15-16,18H,2-3,6-7,12,14H2,(H2,33,39)(H2,32,34,35)/b20-13-/t18-/m0/s1. The molecule has 4 aromatic rings. The Balaban J connectivity index is 1.30. The summed E-state index contributed by atoms with van der Waals surface area (Å²) >= 11 is 0. The zero-order valence-electron chi connectivity index (χ0n) is 22.0. The molecule has 2 aromatic carbocycles. The number of halogens is 2. The second-order valence-electron chi connectivity index (χ2n) is 10.3. The lowest BCUT2D eigenvalue weighted by Crippen LogP contribution is -2.43. The number of likely N-dealkylation sites (tertiary alicyclic amines) is 1. The number of carbonyl (C=O) groups excluding carboxylic acids is 2. The Kier molecular flexibility index (Phi) is 6.82. The summed E-state index contributed by atoms with van der Waals surface area (Å²) in [6.45, 7) is 0.821. The Hall–Kier alpha value is -4.87. The van der Waals surface area contributed by atoms with Crippen LogP contribution in [0.15, 0.2) is 60.4 Å². The van der Waals surface area contributed by atoms with Gasteiger partial charge in [-0.15, -0.1) is 0 Å². The van der Waals surface area contributed by atoms with E-state index in [2.05, 4.69) is 9.97 Å². The third kappa shape index (κ3) is 5.20. The first kappa shape index (κ1) is 26.4. The minimum atomic E-state index is -1.07. The fraction of sp³-hybridized carbons (Fsp3) is 0.276. The lowest BCUT2D eigenvalue weighted by molar-refractivity contribution is -0.131. The van der Waals surface area contributed by atoms with Crippen LogP contribution >= 0.6 is 0 Å². The first-order valence-corrected chi connectivity index (χ1v) is 13.3. The smallest absolute Gasteiger partial charge is 0.259 e. The highest BCUT2D eigenvalue weighted by molar-refractivity contribution is 6.17. The van der Waals surface area contributed by atoms with Crippen molar-refractivity contribution in [3.05, 3.63) is 72.1 Å². The second-order valence-corrected chi connectivity index (χ2v) is 10.3. The van der Waals surface area contributed by atoms with Crippen LogP contribution in [0.25, 0.3) is 22.3 Å². The molecule has 0 spiro atoms. The van der Waals surface area contributed by atoms with E-state index in [1.54, 1.807) is 39.9 Å². The van der Waals surface area contributed by atoms with Crippen molar-refractivity contribution in [1.29, 1.82) is 0 Å². The van der Waals surface area contributed by atoms with E-state index in [0.29, 0.717) is 47.6 Å². The molecule has 10 nitrogen and oxygen atoms in total. The lowest BCUT2D eigenvalue weighted by Gasteiger charge is -2.33. The zero-order valence-corrected chi connectivity index (χ0v) is 22.0. The molecule has 12 heteroatoms. The van der Waals surface area contributed by atoms with Gasteiger partial charge >= 0.3 is 0 Å². The quantitative estimate of drug-likeness (QED) is 0.197. The number of nitrogens with zero attached hydrogens (tertiary/aromatic N) is 5. The molecule has 0 radical (unpaired) electrons. The first-order valence-electron chi connectivity index (χ1n) is 13.3. The van der Waals surface area contributed by atoms with Crippen LogP contribution in [0.1, 0.15) is 31.7 Å². The molecular weight excluding hydrogens is 532 g/mol. The number of benzene rings is 2. The average molecular weight is 560 g/mol. The maximum absolute atomic E-state index is 14.1. The first-order chi connectivity index (χ1) is 19.8. The fourth-order valence-electron chi connectivity index (χ4n) is 5.09. The molecule has 6 rings (SSSR count). The molecular formula is C29H27F2N7O3. The van der Waals surface area contributed by atoms with Crippen molar-refractivity contribution in [2.45, 2.75) is 31.7 Å². The van der Waals surface area contributed by atoms with Crippen molar-refractivity contribution in [2.75, 3.05) is 18.8 Å². The number of nitrogens with two attached hydrogens (primary N) is 2. The van der Waals surface area contributed by atoms with Gasteiger partial charge in [0, 0.05) is 18.7 Å². The number of carbonyl (C=O) groups is 2. The predicted molar refractivity (Wildman–Crippen MR) is 146 cm³/mol. The monoisotopic (exact) mass is 559 g/mol. The van der Waals surface area contributed by atoms with Crippen molar-refractivity contribution in [1.82, 2.24) is 24.6 Å². The normalized spacial score (nSPS) is 17.6. The van der Waals surface area contributed by atoms with Crippen LogP contribution < -0.4 is 16.2 Å². The second kappa shape index (κ2) is 10.6. The number of fused-ring (bicyclic) bond motifs is 1. The van der Waals surface area contributed by atoms with Crippen LogP contribution in [0.5, 0.6) is 11.5 Å². The predicted octanol–water partition coefficient (Wildman–Crippen LogP) is 4.13. The third-order valence-electron chi connectivity index (χ3n) is 7.34. The summed E-state index contributed by atoms with van der Waals surface area (Å²) < 4.78 is 34.9. The van der Waals surface area contributed by atoms with Gasteiger partial charge in [0.15, 0.2) is 17.2 Å². The maximum Gasteiger partial charge on any atom is 0.259 e. The number of allylic oxidation sites excluding steroid dienone is 1. The number of hydrogen-bond acceptors (Lipinski definition) is 7. The fourth-order valence-corrected chi connectivity index (χ4v) is 5.09. The van der Waals surface area contributed by atoms with Crippen molar-refractivity contribution in [2.24, 2.45) is 11.7 Å². The molecule has 2 amide bonds. The number of rotatable bonds is 7. The summed E-state index contributed by atoms with van der Waals surface area (Å²) in [6, 6.07) is 10.2. The van der Waals surface area contributed by atoms with Gasteiger partial charge in [-0.3, -0.25) is 9.59 Å². The van der Waals surface area contributed by atoms with E-state index in [1.165, 1.54) is 18.5 Å². The Morgan fingerprint density at radius 3 is 2.56 bits per heavy atom. The molecule has 4 N–H and O–H groups in total. The molecule has 1 saturated heterocycles. The highest BCUT2D eigenvalue weighted by Crippen LogP contribution is 2.36. The largest absolute Gasteiger partial charge is 0.454 e. The Labute approximate surface area is 233 Å². The van der Waals surface area contributed by atoms with Crippen LogP contribution in [0, 0.1) is 17.6 Å². The lowest BCUT2D eigenvalue weighted by atomic mass is 10.0. The summed E-state index contributed by atoms with van der Waals surface area (Å²) in [5.74, 6) is -2.62. The third-order valence-corrected chi connectivity index (χ3v) is 7.34. The van der Waals surface area contributed by atoms with Crippen molar-refractivity contribution in [3.63, 3.8) is 0 Å². The van der Waals surface area contributed by atoms with Gasteiger partial charge in [-0.05, 0) is 68.0 Å². The van der Waals surface area contributed by atoms with Gasteiger partial charge in [-0.1, -0.05) is 12.1 Å². The van der Waals surface area contributed by atoms with Gasteiger partial charge in [0.05, 0.1) is 11.4 Å². The number of hydrogen-bond donors (Lipinski definition) is 2. The zero-order chi connectivity index (χ0) is 28.7. The Morgan fingerprint density at radius 1 is 1.05 bits per heavy atom. The summed E-state index contributed by atoms with van der Waals surface area (Å²) in [5, 5.41) is 5.40. The Morgan fingerprint density at radius 2 is 1.83 bits per heavy atom. The van der Waals surface area contributed by atoms with Crippen molar-refractivity contribution >= 4 is 28.7 Å². The highest BCUT2D eigenvalue weighted by Gasteiger charge is 2.32. The Bertz CT molecular complexity index is 1680. The molecule has 1 saturated carbocycles. The SMILES string of the molecule is NC(=O)/C(=C/C1CC1)C(=O)N1CCC[C@H](n2nc(-c3ccc(Oc4cccc(F)c4F)cc3)c3c(N)ncnc32)C1. The topological polar surface area (TPSA) is 142 Å². The van der Waals surface area contributed by atoms with Crippen LogP contribution in [0.3, 0.4) is 0 Å². The van der Waals surface area contributed by atoms with E-state index in [1.807, 2.05) is 0 Å². The number of ether oxygens (including phenoxy) is 1. The molecule has 0 bridgehead atoms. The van der Waals surface area contributed by atoms with Gasteiger partial charge < -0.3 is 21.1 Å².